The van der Waals surface area contributed by atoms with Crippen molar-refractivity contribution in [3.8, 4) is 0 Å². The molecule has 2 saturated heterocycles. The quantitative estimate of drug-likeness (QED) is 0.879. The van der Waals surface area contributed by atoms with E-state index in [1.54, 1.807) is 29.0 Å². The Balaban J connectivity index is 1.49. The predicted molar refractivity (Wildman–Crippen MR) is 88.3 cm³/mol. The first-order valence-electron chi connectivity index (χ1n) is 8.27. The maximum Gasteiger partial charge on any atom is 0.317 e. The third kappa shape index (κ3) is 3.29. The van der Waals surface area contributed by atoms with Gasteiger partial charge >= 0.3 is 12.1 Å². The number of nitrogens with one attached hydrogen (secondary N) is 2. The minimum atomic E-state index is -0.243. The van der Waals surface area contributed by atoms with Gasteiger partial charge in [-0.05, 0) is 31.4 Å². The maximum atomic E-state index is 13.7. The molecule has 2 aliphatic heterocycles. The number of hydrogen-bond acceptors (Lipinski definition) is 2. The summed E-state index contributed by atoms with van der Waals surface area (Å²) in [5, 5.41) is 5.75. The van der Waals surface area contributed by atoms with Gasteiger partial charge in [0.05, 0.1) is 12.1 Å². The number of likely N-dealkylation sites (N-methyl/N-ethyl adjacent to an activating group) is 1. The summed E-state index contributed by atoms with van der Waals surface area (Å²) in [6, 6.07) is 4.88. The second kappa shape index (κ2) is 6.67. The van der Waals surface area contributed by atoms with Gasteiger partial charge < -0.3 is 20.4 Å². The summed E-state index contributed by atoms with van der Waals surface area (Å²) in [4.78, 5) is 27.4. The van der Waals surface area contributed by atoms with Crippen LogP contribution >= 0.6 is 0 Å². The second-order valence-corrected chi connectivity index (χ2v) is 6.55. The Labute approximate surface area is 141 Å². The fourth-order valence-electron chi connectivity index (χ4n) is 3.45. The fraction of sp³-hybridized carbons (Fsp3) is 0.529. The molecule has 2 aliphatic rings. The third-order valence-electron chi connectivity index (χ3n) is 4.86. The molecule has 0 radical (unpaired) electrons. The van der Waals surface area contributed by atoms with Crippen LogP contribution in [0.2, 0.25) is 0 Å². The SMILES string of the molecule is Cc1ccc(F)c(CCNC(=O)N2CC[C@H]3[C@@H](C2)NC(=O)N3C)c1. The molecule has 0 aromatic heterocycles. The molecule has 0 bridgehead atoms. The zero-order valence-corrected chi connectivity index (χ0v) is 14.0. The average Bonchev–Trinajstić information content (AvgIpc) is 2.84. The van der Waals surface area contributed by atoms with Crippen molar-refractivity contribution in [3.63, 3.8) is 0 Å². The van der Waals surface area contributed by atoms with E-state index in [-0.39, 0.29) is 30.0 Å². The molecule has 2 fully saturated rings. The normalized spacial score (nSPS) is 23.0. The van der Waals surface area contributed by atoms with Gasteiger partial charge in [-0.25, -0.2) is 14.0 Å². The van der Waals surface area contributed by atoms with E-state index in [1.165, 1.54) is 6.07 Å². The van der Waals surface area contributed by atoms with E-state index in [0.717, 1.165) is 12.0 Å². The molecule has 2 atom stereocenters. The van der Waals surface area contributed by atoms with E-state index < -0.39 is 0 Å². The van der Waals surface area contributed by atoms with E-state index in [2.05, 4.69) is 10.6 Å². The second-order valence-electron chi connectivity index (χ2n) is 6.55. The molecule has 6 nitrogen and oxygen atoms in total. The topological polar surface area (TPSA) is 64.7 Å². The van der Waals surface area contributed by atoms with Crippen molar-refractivity contribution in [1.29, 1.82) is 0 Å². The summed E-state index contributed by atoms with van der Waals surface area (Å²) in [5.41, 5.74) is 1.61. The van der Waals surface area contributed by atoms with Crippen LogP contribution in [0.3, 0.4) is 0 Å². The molecule has 24 heavy (non-hydrogen) atoms. The number of rotatable bonds is 3. The molecule has 0 spiro atoms. The van der Waals surface area contributed by atoms with Gasteiger partial charge in [0.25, 0.3) is 0 Å². The van der Waals surface area contributed by atoms with Crippen LogP contribution in [-0.2, 0) is 6.42 Å². The number of piperidine rings is 1. The Morgan fingerprint density at radius 1 is 1.46 bits per heavy atom. The van der Waals surface area contributed by atoms with Gasteiger partial charge in [-0.3, -0.25) is 0 Å². The molecule has 0 unspecified atom stereocenters. The lowest BCUT2D eigenvalue weighted by Crippen LogP contribution is -2.55. The number of likely N-dealkylation sites (tertiary alicyclic amines) is 1. The number of hydrogen-bond donors (Lipinski definition) is 2. The smallest absolute Gasteiger partial charge is 0.317 e. The summed E-state index contributed by atoms with van der Waals surface area (Å²) < 4.78 is 13.7. The summed E-state index contributed by atoms with van der Waals surface area (Å²) in [7, 11) is 1.78. The highest BCUT2D eigenvalue weighted by molar-refractivity contribution is 5.78. The standard InChI is InChI=1S/C17H23FN4O2/c1-11-3-4-13(18)12(9-11)5-7-19-16(23)22-8-6-15-14(10-22)20-17(24)21(15)2/h3-4,9,14-15H,5-8,10H2,1-2H3,(H,19,23)(H,20,24)/t14-,15+/m1/s1. The van der Waals surface area contributed by atoms with E-state index in [0.29, 0.717) is 31.6 Å². The number of carbonyl (C=O) groups is 2. The average molecular weight is 334 g/mol. The van der Waals surface area contributed by atoms with Crippen molar-refractivity contribution < 1.29 is 14.0 Å². The molecule has 1 aromatic rings. The molecule has 0 aliphatic carbocycles. The number of nitrogens with zero attached hydrogens (tertiary/aromatic N) is 2. The van der Waals surface area contributed by atoms with Crippen molar-refractivity contribution in [3.05, 3.63) is 35.1 Å². The lowest BCUT2D eigenvalue weighted by atomic mass is 10.0. The lowest BCUT2D eigenvalue weighted by Gasteiger charge is -2.35. The van der Waals surface area contributed by atoms with Crippen LogP contribution in [-0.4, -0.2) is 60.6 Å². The van der Waals surface area contributed by atoms with Crippen LogP contribution in [0.4, 0.5) is 14.0 Å². The molecule has 2 heterocycles. The van der Waals surface area contributed by atoms with Gasteiger partial charge in [-0.1, -0.05) is 17.7 Å². The fourth-order valence-corrected chi connectivity index (χ4v) is 3.45. The minimum Gasteiger partial charge on any atom is -0.338 e. The zero-order valence-electron chi connectivity index (χ0n) is 14.0. The monoisotopic (exact) mass is 334 g/mol. The lowest BCUT2D eigenvalue weighted by molar-refractivity contribution is 0.154. The van der Waals surface area contributed by atoms with Crippen LogP contribution < -0.4 is 10.6 Å². The predicted octanol–water partition coefficient (Wildman–Crippen LogP) is 1.48. The van der Waals surface area contributed by atoms with Crippen LogP contribution in [0.15, 0.2) is 18.2 Å². The van der Waals surface area contributed by atoms with Gasteiger partial charge in [0, 0.05) is 26.7 Å². The van der Waals surface area contributed by atoms with Crippen LogP contribution in [0.25, 0.3) is 0 Å². The summed E-state index contributed by atoms with van der Waals surface area (Å²) >= 11 is 0. The highest BCUT2D eigenvalue weighted by Gasteiger charge is 2.41. The van der Waals surface area contributed by atoms with Crippen LogP contribution in [0.1, 0.15) is 17.5 Å². The molecule has 2 N–H and O–H groups in total. The van der Waals surface area contributed by atoms with Gasteiger partial charge in [0.15, 0.2) is 0 Å². The first-order chi connectivity index (χ1) is 11.5. The Morgan fingerprint density at radius 2 is 2.25 bits per heavy atom. The van der Waals surface area contributed by atoms with Gasteiger partial charge in [0.2, 0.25) is 0 Å². The first kappa shape index (κ1) is 16.5. The maximum absolute atomic E-state index is 13.7. The largest absolute Gasteiger partial charge is 0.338 e. The molecule has 4 amide bonds. The summed E-state index contributed by atoms with van der Waals surface area (Å²) in [5.74, 6) is -0.243. The van der Waals surface area contributed by atoms with Crippen LogP contribution in [0, 0.1) is 12.7 Å². The molecule has 7 heteroatoms. The highest BCUT2D eigenvalue weighted by atomic mass is 19.1. The number of amides is 4. The number of halogens is 1. The zero-order chi connectivity index (χ0) is 17.3. The summed E-state index contributed by atoms with van der Waals surface area (Å²) in [6.45, 7) is 3.42. The molecule has 130 valence electrons. The Morgan fingerprint density at radius 3 is 3.04 bits per heavy atom. The van der Waals surface area contributed by atoms with E-state index in [1.807, 2.05) is 6.92 Å². The van der Waals surface area contributed by atoms with Gasteiger partial charge in [-0.15, -0.1) is 0 Å². The summed E-state index contributed by atoms with van der Waals surface area (Å²) in [6.07, 6.45) is 1.22. The highest BCUT2D eigenvalue weighted by Crippen LogP contribution is 2.21. The first-order valence-corrected chi connectivity index (χ1v) is 8.27. The van der Waals surface area contributed by atoms with Crippen LogP contribution in [0.5, 0.6) is 0 Å². The molecule has 3 rings (SSSR count). The van der Waals surface area contributed by atoms with Gasteiger partial charge in [0.1, 0.15) is 5.82 Å². The Hall–Kier alpha value is -2.31. The minimum absolute atomic E-state index is 0.0174. The van der Waals surface area contributed by atoms with Crippen molar-refractivity contribution >= 4 is 12.1 Å². The molecule has 1 aromatic carbocycles. The van der Waals surface area contributed by atoms with Gasteiger partial charge in [-0.2, -0.15) is 0 Å². The molecule has 0 saturated carbocycles. The van der Waals surface area contributed by atoms with Crippen molar-refractivity contribution in [1.82, 2.24) is 20.4 Å². The van der Waals surface area contributed by atoms with Crippen molar-refractivity contribution in [2.24, 2.45) is 0 Å². The number of carbonyl (C=O) groups excluding carboxylic acids is 2. The van der Waals surface area contributed by atoms with E-state index in [9.17, 15) is 14.0 Å². The third-order valence-corrected chi connectivity index (χ3v) is 4.86. The number of urea groups is 2. The number of fused-ring (bicyclic) bond motifs is 1. The molecular weight excluding hydrogens is 311 g/mol. The van der Waals surface area contributed by atoms with Crippen molar-refractivity contribution in [2.75, 3.05) is 26.7 Å². The number of aryl methyl sites for hydroxylation is 1. The van der Waals surface area contributed by atoms with Crippen molar-refractivity contribution in [2.45, 2.75) is 31.8 Å². The van der Waals surface area contributed by atoms with E-state index in [4.69, 9.17) is 0 Å². The Kier molecular flexibility index (Phi) is 4.59. The molecular formula is C17H23FN4O2. The van der Waals surface area contributed by atoms with E-state index >= 15 is 0 Å². The Bertz CT molecular complexity index is 651. The number of benzene rings is 1.